The van der Waals surface area contributed by atoms with E-state index in [4.69, 9.17) is 15.2 Å². The molecule has 5 nitrogen and oxygen atoms in total. The van der Waals surface area contributed by atoms with Crippen molar-refractivity contribution >= 4 is 11.4 Å². The van der Waals surface area contributed by atoms with E-state index >= 15 is 0 Å². The van der Waals surface area contributed by atoms with Gasteiger partial charge in [0.05, 0.1) is 25.6 Å². The lowest BCUT2D eigenvalue weighted by atomic mass is 10.1. The summed E-state index contributed by atoms with van der Waals surface area (Å²) in [6.45, 7) is 5.26. The van der Waals surface area contributed by atoms with Crippen LogP contribution >= 0.6 is 0 Å². The molecule has 106 valence electrons. The zero-order chi connectivity index (χ0) is 14.0. The fourth-order valence-electron chi connectivity index (χ4n) is 2.63. The highest BCUT2D eigenvalue weighted by molar-refractivity contribution is 5.73. The number of benzene rings is 1. The van der Waals surface area contributed by atoms with Crippen LogP contribution < -0.4 is 20.1 Å². The Morgan fingerprint density at radius 1 is 1.16 bits per heavy atom. The Morgan fingerprint density at radius 3 is 2.37 bits per heavy atom. The van der Waals surface area contributed by atoms with Gasteiger partial charge in [-0.3, -0.25) is 0 Å². The molecule has 1 saturated heterocycles. The van der Waals surface area contributed by atoms with Gasteiger partial charge in [-0.15, -0.1) is 0 Å². The molecular formula is C14H23N3O2. The number of nitrogen functional groups attached to an aromatic ring is 1. The van der Waals surface area contributed by atoms with Gasteiger partial charge < -0.3 is 25.0 Å². The van der Waals surface area contributed by atoms with E-state index < -0.39 is 0 Å². The summed E-state index contributed by atoms with van der Waals surface area (Å²) >= 11 is 0. The van der Waals surface area contributed by atoms with Gasteiger partial charge in [-0.1, -0.05) is 0 Å². The van der Waals surface area contributed by atoms with Crippen LogP contribution in [0.5, 0.6) is 11.5 Å². The van der Waals surface area contributed by atoms with Crippen LogP contribution in [-0.4, -0.2) is 51.8 Å². The molecule has 1 unspecified atom stereocenters. The fourth-order valence-corrected chi connectivity index (χ4v) is 2.63. The Morgan fingerprint density at radius 2 is 1.79 bits per heavy atom. The predicted molar refractivity (Wildman–Crippen MR) is 78.3 cm³/mol. The number of nitrogens with two attached hydrogens (primary N) is 1. The average Bonchev–Trinajstić information content (AvgIpc) is 2.39. The summed E-state index contributed by atoms with van der Waals surface area (Å²) in [4.78, 5) is 4.66. The van der Waals surface area contributed by atoms with E-state index in [1.165, 1.54) is 0 Å². The smallest absolute Gasteiger partial charge is 0.162 e. The predicted octanol–water partition coefficient (Wildman–Crippen LogP) is 1.43. The number of piperazine rings is 1. The molecule has 5 heteroatoms. The van der Waals surface area contributed by atoms with Crippen LogP contribution in [0.4, 0.5) is 11.4 Å². The number of ether oxygens (including phenoxy) is 2. The van der Waals surface area contributed by atoms with Crippen molar-refractivity contribution in [3.05, 3.63) is 12.1 Å². The van der Waals surface area contributed by atoms with Gasteiger partial charge in [-0.05, 0) is 14.0 Å². The molecule has 1 aromatic carbocycles. The highest BCUT2D eigenvalue weighted by Gasteiger charge is 2.24. The van der Waals surface area contributed by atoms with Crippen LogP contribution in [0.15, 0.2) is 12.1 Å². The summed E-state index contributed by atoms with van der Waals surface area (Å²) in [7, 11) is 5.41. The maximum absolute atomic E-state index is 6.16. The number of methoxy groups -OCH3 is 2. The average molecular weight is 265 g/mol. The monoisotopic (exact) mass is 265 g/mol. The number of hydrogen-bond acceptors (Lipinski definition) is 5. The van der Waals surface area contributed by atoms with Gasteiger partial charge in [0, 0.05) is 37.8 Å². The molecule has 1 aliphatic heterocycles. The molecule has 1 fully saturated rings. The van der Waals surface area contributed by atoms with Crippen LogP contribution in [0.3, 0.4) is 0 Å². The molecule has 0 amide bonds. The van der Waals surface area contributed by atoms with Gasteiger partial charge >= 0.3 is 0 Å². The molecule has 1 atom stereocenters. The lowest BCUT2D eigenvalue weighted by Crippen LogP contribution is -2.50. The maximum atomic E-state index is 6.16. The second-order valence-electron chi connectivity index (χ2n) is 5.07. The largest absolute Gasteiger partial charge is 0.493 e. The molecule has 19 heavy (non-hydrogen) atoms. The standard InChI is InChI=1S/C14H23N3O2/c1-10-9-16(2)5-6-17(10)12-8-14(19-4)13(18-3)7-11(12)15/h7-8,10H,5-6,9,15H2,1-4H3. The SMILES string of the molecule is COc1cc(N)c(N2CCN(C)CC2C)cc1OC. The molecule has 1 aliphatic rings. The minimum Gasteiger partial charge on any atom is -0.493 e. The molecular weight excluding hydrogens is 242 g/mol. The third-order valence-corrected chi connectivity index (χ3v) is 3.67. The van der Waals surface area contributed by atoms with Gasteiger partial charge in [0.2, 0.25) is 0 Å². The van der Waals surface area contributed by atoms with E-state index in [1.54, 1.807) is 14.2 Å². The second-order valence-corrected chi connectivity index (χ2v) is 5.07. The number of rotatable bonds is 3. The van der Waals surface area contributed by atoms with Gasteiger partial charge in [-0.25, -0.2) is 0 Å². The summed E-state index contributed by atoms with van der Waals surface area (Å²) in [6.07, 6.45) is 0. The van der Waals surface area contributed by atoms with Crippen LogP contribution in [0.1, 0.15) is 6.92 Å². The van der Waals surface area contributed by atoms with E-state index in [1.807, 2.05) is 12.1 Å². The first-order valence-corrected chi connectivity index (χ1v) is 6.53. The van der Waals surface area contributed by atoms with Crippen molar-refractivity contribution in [2.24, 2.45) is 0 Å². The molecule has 0 saturated carbocycles. The Kier molecular flexibility index (Phi) is 4.04. The maximum Gasteiger partial charge on any atom is 0.162 e. The molecule has 1 heterocycles. The molecule has 2 N–H and O–H groups in total. The summed E-state index contributed by atoms with van der Waals surface area (Å²) in [5.41, 5.74) is 7.91. The second kappa shape index (κ2) is 5.57. The van der Waals surface area contributed by atoms with E-state index in [0.717, 1.165) is 36.8 Å². The summed E-state index contributed by atoms with van der Waals surface area (Å²) < 4.78 is 10.6. The van der Waals surface area contributed by atoms with Crippen LogP contribution in [-0.2, 0) is 0 Å². The third kappa shape index (κ3) is 2.71. The summed E-state index contributed by atoms with van der Waals surface area (Å²) in [6, 6.07) is 4.23. The number of hydrogen-bond donors (Lipinski definition) is 1. The first kappa shape index (κ1) is 13.8. The van der Waals surface area contributed by atoms with Crippen molar-refractivity contribution in [3.8, 4) is 11.5 Å². The van der Waals surface area contributed by atoms with Crippen molar-refractivity contribution in [1.29, 1.82) is 0 Å². The van der Waals surface area contributed by atoms with E-state index in [9.17, 15) is 0 Å². The minimum atomic E-state index is 0.430. The molecule has 0 aromatic heterocycles. The number of anilines is 2. The normalized spacial score (nSPS) is 20.4. The highest BCUT2D eigenvalue weighted by atomic mass is 16.5. The van der Waals surface area contributed by atoms with Crippen LogP contribution in [0, 0.1) is 0 Å². The molecule has 2 rings (SSSR count). The fraction of sp³-hybridized carbons (Fsp3) is 0.571. The van der Waals surface area contributed by atoms with Crippen molar-refractivity contribution in [1.82, 2.24) is 4.90 Å². The van der Waals surface area contributed by atoms with E-state index in [0.29, 0.717) is 11.8 Å². The van der Waals surface area contributed by atoms with Gasteiger partial charge in [0.25, 0.3) is 0 Å². The summed E-state index contributed by atoms with van der Waals surface area (Å²) in [5, 5.41) is 0. The van der Waals surface area contributed by atoms with Gasteiger partial charge in [-0.2, -0.15) is 0 Å². The molecule has 0 radical (unpaired) electrons. The third-order valence-electron chi connectivity index (χ3n) is 3.67. The van der Waals surface area contributed by atoms with Crippen molar-refractivity contribution in [3.63, 3.8) is 0 Å². The Balaban J connectivity index is 2.34. The zero-order valence-electron chi connectivity index (χ0n) is 12.1. The molecule has 0 aliphatic carbocycles. The lowest BCUT2D eigenvalue weighted by Gasteiger charge is -2.40. The van der Waals surface area contributed by atoms with Crippen molar-refractivity contribution in [2.75, 3.05) is 51.5 Å². The quantitative estimate of drug-likeness (QED) is 0.838. The van der Waals surface area contributed by atoms with Gasteiger partial charge in [0.1, 0.15) is 0 Å². The zero-order valence-corrected chi connectivity index (χ0v) is 12.1. The Hall–Kier alpha value is -1.62. The Bertz CT molecular complexity index is 451. The van der Waals surface area contributed by atoms with E-state index in [-0.39, 0.29) is 0 Å². The first-order chi connectivity index (χ1) is 9.06. The number of nitrogens with zero attached hydrogens (tertiary/aromatic N) is 2. The highest BCUT2D eigenvalue weighted by Crippen LogP contribution is 2.37. The molecule has 0 spiro atoms. The van der Waals surface area contributed by atoms with Crippen molar-refractivity contribution in [2.45, 2.75) is 13.0 Å². The van der Waals surface area contributed by atoms with E-state index in [2.05, 4.69) is 23.8 Å². The summed E-state index contributed by atoms with van der Waals surface area (Å²) in [5.74, 6) is 1.39. The lowest BCUT2D eigenvalue weighted by molar-refractivity contribution is 0.275. The number of likely N-dealkylation sites (N-methyl/N-ethyl adjacent to an activating group) is 1. The minimum absolute atomic E-state index is 0.430. The van der Waals surface area contributed by atoms with Crippen molar-refractivity contribution < 1.29 is 9.47 Å². The first-order valence-electron chi connectivity index (χ1n) is 6.53. The molecule has 1 aromatic rings. The molecule has 0 bridgehead atoms. The Labute approximate surface area is 114 Å². The van der Waals surface area contributed by atoms with Gasteiger partial charge in [0.15, 0.2) is 11.5 Å². The topological polar surface area (TPSA) is 51.0 Å². The van der Waals surface area contributed by atoms with Crippen LogP contribution in [0.2, 0.25) is 0 Å². The van der Waals surface area contributed by atoms with Crippen LogP contribution in [0.25, 0.3) is 0 Å².